The first-order valence-corrected chi connectivity index (χ1v) is 11.8. The Labute approximate surface area is 191 Å². The minimum Gasteiger partial charge on any atom is -0.452 e. The molecule has 2 aromatic carbocycles. The van der Waals surface area contributed by atoms with Crippen LogP contribution in [0.2, 0.25) is 0 Å². The second-order valence-corrected chi connectivity index (χ2v) is 9.19. The molecule has 1 heterocycles. The molecule has 0 atom stereocenters. The highest BCUT2D eigenvalue weighted by Gasteiger charge is 2.24. The summed E-state index contributed by atoms with van der Waals surface area (Å²) in [6, 6.07) is 12.4. The lowest BCUT2D eigenvalue weighted by molar-refractivity contribution is -0.119. The number of aryl methyl sites for hydroxylation is 1. The van der Waals surface area contributed by atoms with Gasteiger partial charge in [0.15, 0.2) is 6.61 Å². The van der Waals surface area contributed by atoms with E-state index in [1.165, 1.54) is 10.4 Å². The number of fused-ring (bicyclic) bond motifs is 1. The summed E-state index contributed by atoms with van der Waals surface area (Å²) >= 11 is 0. The van der Waals surface area contributed by atoms with Crippen molar-refractivity contribution >= 4 is 38.5 Å². The van der Waals surface area contributed by atoms with Gasteiger partial charge in [0.05, 0.1) is 10.5 Å². The van der Waals surface area contributed by atoms with Gasteiger partial charge in [0.1, 0.15) is 0 Å². The molecule has 0 aliphatic carbocycles. The molecular weight excluding hydrogens is 446 g/mol. The molecule has 0 unspecified atom stereocenters. The number of benzene rings is 2. The van der Waals surface area contributed by atoms with Gasteiger partial charge in [-0.2, -0.15) is 4.31 Å². The van der Waals surface area contributed by atoms with Gasteiger partial charge in [-0.3, -0.25) is 9.59 Å². The van der Waals surface area contributed by atoms with Crippen LogP contribution in [-0.4, -0.2) is 49.3 Å². The van der Waals surface area contributed by atoms with E-state index in [9.17, 15) is 22.8 Å². The minimum atomic E-state index is -3.71. The summed E-state index contributed by atoms with van der Waals surface area (Å²) < 4.78 is 32.2. The molecule has 33 heavy (non-hydrogen) atoms. The fourth-order valence-electron chi connectivity index (χ4n) is 3.44. The number of hydrogen-bond acceptors (Lipinski definition) is 6. The molecule has 3 rings (SSSR count). The van der Waals surface area contributed by atoms with Crippen LogP contribution in [0.3, 0.4) is 0 Å². The van der Waals surface area contributed by atoms with Gasteiger partial charge < -0.3 is 15.0 Å². The third-order valence-corrected chi connectivity index (χ3v) is 7.29. The van der Waals surface area contributed by atoms with E-state index in [1.54, 1.807) is 57.2 Å². The number of H-pyrrole nitrogens is 1. The number of esters is 1. The number of aromatic nitrogens is 1. The van der Waals surface area contributed by atoms with Crippen LogP contribution < -0.4 is 10.9 Å². The average Bonchev–Trinajstić information content (AvgIpc) is 2.78. The van der Waals surface area contributed by atoms with Gasteiger partial charge in [-0.15, -0.1) is 0 Å². The lowest BCUT2D eigenvalue weighted by atomic mass is 10.1. The van der Waals surface area contributed by atoms with Gasteiger partial charge in [0.2, 0.25) is 15.6 Å². The molecule has 3 aromatic rings. The number of sulfonamides is 1. The van der Waals surface area contributed by atoms with E-state index >= 15 is 0 Å². The number of aromatic amines is 1. The first kappa shape index (κ1) is 24.1. The van der Waals surface area contributed by atoms with Crippen LogP contribution in [0.1, 0.15) is 29.8 Å². The second kappa shape index (κ2) is 9.97. The Balaban J connectivity index is 1.74. The van der Waals surface area contributed by atoms with E-state index in [-0.39, 0.29) is 16.1 Å². The fourth-order valence-corrected chi connectivity index (χ4v) is 5.15. The smallest absolute Gasteiger partial charge is 0.339 e. The Morgan fingerprint density at radius 2 is 1.76 bits per heavy atom. The Kier molecular flexibility index (Phi) is 7.29. The maximum Gasteiger partial charge on any atom is 0.339 e. The molecular formula is C23H25N3O6S. The second-order valence-electron chi connectivity index (χ2n) is 7.29. The van der Waals surface area contributed by atoms with Crippen LogP contribution >= 0.6 is 0 Å². The molecule has 0 saturated heterocycles. The standard InChI is InChI=1S/C23H25N3O6S/c1-4-26(5-2)33(30,31)20-12-16(11-10-15(20)3)24-22(28)14-32-23(29)18-13-21(27)25-19-9-7-6-8-17(18)19/h6-13H,4-5,14H2,1-3H3,(H,24,28)(H,25,27). The molecule has 0 saturated carbocycles. The molecule has 9 nitrogen and oxygen atoms in total. The van der Waals surface area contributed by atoms with E-state index in [1.807, 2.05) is 0 Å². The number of nitrogens with zero attached hydrogens (tertiary/aromatic N) is 1. The molecule has 0 spiro atoms. The molecule has 0 fully saturated rings. The molecule has 174 valence electrons. The number of carbonyl (C=O) groups is 2. The van der Waals surface area contributed by atoms with Gasteiger partial charge in [0.25, 0.3) is 5.91 Å². The number of rotatable bonds is 8. The number of anilines is 1. The van der Waals surface area contributed by atoms with Crippen LogP contribution in [0.25, 0.3) is 10.9 Å². The van der Waals surface area contributed by atoms with Gasteiger partial charge in [-0.1, -0.05) is 38.1 Å². The van der Waals surface area contributed by atoms with Crippen LogP contribution in [0.15, 0.2) is 58.2 Å². The van der Waals surface area contributed by atoms with E-state index in [2.05, 4.69) is 10.3 Å². The van der Waals surface area contributed by atoms with Crippen molar-refractivity contribution in [1.29, 1.82) is 0 Å². The largest absolute Gasteiger partial charge is 0.452 e. The summed E-state index contributed by atoms with van der Waals surface area (Å²) in [6.07, 6.45) is 0. The third kappa shape index (κ3) is 5.29. The van der Waals surface area contributed by atoms with Gasteiger partial charge >= 0.3 is 5.97 Å². The van der Waals surface area contributed by atoms with Crippen molar-refractivity contribution in [3.63, 3.8) is 0 Å². The van der Waals surface area contributed by atoms with Crippen molar-refractivity contribution in [2.45, 2.75) is 25.7 Å². The molecule has 1 aromatic heterocycles. The van der Waals surface area contributed by atoms with Crippen molar-refractivity contribution in [3.05, 3.63) is 70.0 Å². The quantitative estimate of drug-likeness (QED) is 0.487. The SMILES string of the molecule is CCN(CC)S(=O)(=O)c1cc(NC(=O)COC(=O)c2cc(=O)[nH]c3ccccc23)ccc1C. The maximum absolute atomic E-state index is 12.9. The molecule has 10 heteroatoms. The van der Waals surface area contributed by atoms with Crippen LogP contribution in [0.4, 0.5) is 5.69 Å². The number of amides is 1. The summed E-state index contributed by atoms with van der Waals surface area (Å²) in [7, 11) is -3.71. The Bertz CT molecular complexity index is 1360. The van der Waals surface area contributed by atoms with Crippen molar-refractivity contribution in [2.24, 2.45) is 0 Å². The summed E-state index contributed by atoms with van der Waals surface area (Å²) in [5.74, 6) is -1.46. The van der Waals surface area contributed by atoms with Crippen LogP contribution in [0.5, 0.6) is 0 Å². The van der Waals surface area contributed by atoms with E-state index in [0.717, 1.165) is 6.07 Å². The van der Waals surface area contributed by atoms with E-state index in [0.29, 0.717) is 29.6 Å². The predicted octanol–water partition coefficient (Wildman–Crippen LogP) is 2.66. The highest BCUT2D eigenvalue weighted by Crippen LogP contribution is 2.23. The number of nitrogens with one attached hydrogen (secondary N) is 2. The lowest BCUT2D eigenvalue weighted by Crippen LogP contribution is -2.31. The number of hydrogen-bond donors (Lipinski definition) is 2. The number of para-hydroxylation sites is 1. The fraction of sp³-hybridized carbons (Fsp3) is 0.261. The average molecular weight is 472 g/mol. The highest BCUT2D eigenvalue weighted by atomic mass is 32.2. The summed E-state index contributed by atoms with van der Waals surface area (Å²) in [5, 5.41) is 3.04. The molecule has 0 aliphatic rings. The summed E-state index contributed by atoms with van der Waals surface area (Å²) in [4.78, 5) is 39.4. The first-order chi connectivity index (χ1) is 15.7. The predicted molar refractivity (Wildman–Crippen MR) is 125 cm³/mol. The van der Waals surface area contributed by atoms with Crippen molar-refractivity contribution in [3.8, 4) is 0 Å². The van der Waals surface area contributed by atoms with Crippen molar-refractivity contribution in [1.82, 2.24) is 9.29 Å². The van der Waals surface area contributed by atoms with Gasteiger partial charge in [-0.25, -0.2) is 13.2 Å². The number of pyridine rings is 1. The number of carbonyl (C=O) groups excluding carboxylic acids is 2. The first-order valence-electron chi connectivity index (χ1n) is 10.4. The zero-order valence-electron chi connectivity index (χ0n) is 18.5. The van der Waals surface area contributed by atoms with Crippen LogP contribution in [0, 0.1) is 6.92 Å². The van der Waals surface area contributed by atoms with Gasteiger partial charge in [-0.05, 0) is 30.7 Å². The van der Waals surface area contributed by atoms with E-state index in [4.69, 9.17) is 4.74 Å². The summed E-state index contributed by atoms with van der Waals surface area (Å²) in [6.45, 7) is 5.21. The maximum atomic E-state index is 12.9. The minimum absolute atomic E-state index is 0.0464. The Hall–Kier alpha value is -3.50. The van der Waals surface area contributed by atoms with Crippen molar-refractivity contribution in [2.75, 3.05) is 25.0 Å². The third-order valence-electron chi connectivity index (χ3n) is 5.10. The lowest BCUT2D eigenvalue weighted by Gasteiger charge is -2.20. The van der Waals surface area contributed by atoms with Crippen molar-refractivity contribution < 1.29 is 22.7 Å². The Morgan fingerprint density at radius 1 is 1.06 bits per heavy atom. The molecule has 0 radical (unpaired) electrons. The topological polar surface area (TPSA) is 126 Å². The molecule has 1 amide bonds. The monoisotopic (exact) mass is 471 g/mol. The van der Waals surface area contributed by atoms with E-state index < -0.39 is 34.1 Å². The zero-order chi connectivity index (χ0) is 24.2. The number of ether oxygens (including phenoxy) is 1. The molecule has 0 aliphatic heterocycles. The molecule has 0 bridgehead atoms. The van der Waals surface area contributed by atoms with Crippen LogP contribution in [-0.2, 0) is 19.6 Å². The highest BCUT2D eigenvalue weighted by molar-refractivity contribution is 7.89. The zero-order valence-corrected chi connectivity index (χ0v) is 19.4. The molecule has 2 N–H and O–H groups in total. The summed E-state index contributed by atoms with van der Waals surface area (Å²) in [5.41, 5.74) is 0.862. The normalized spacial score (nSPS) is 11.5. The van der Waals surface area contributed by atoms with Gasteiger partial charge in [0, 0.05) is 35.7 Å². The Morgan fingerprint density at radius 3 is 2.45 bits per heavy atom.